The fraction of sp³-hybridized carbons (Fsp3) is 0.391. The minimum Gasteiger partial charge on any atom is -0.354 e. The normalized spacial score (nSPS) is 12.4. The third-order valence-corrected chi connectivity index (χ3v) is 7.42. The number of amides is 2. The van der Waals surface area contributed by atoms with Gasteiger partial charge in [0.05, 0.1) is 11.4 Å². The van der Waals surface area contributed by atoms with Crippen molar-refractivity contribution in [3.8, 4) is 0 Å². The number of carbonyl (C=O) groups is 2. The van der Waals surface area contributed by atoms with Gasteiger partial charge in [0.2, 0.25) is 21.8 Å². The number of nitrogens with zero attached hydrogens (tertiary/aromatic N) is 2. The van der Waals surface area contributed by atoms with Crippen LogP contribution < -0.4 is 5.32 Å². The van der Waals surface area contributed by atoms with Gasteiger partial charge in [-0.3, -0.25) is 9.59 Å². The first-order valence-corrected chi connectivity index (χ1v) is 12.6. The van der Waals surface area contributed by atoms with Crippen molar-refractivity contribution < 1.29 is 18.0 Å². The monoisotopic (exact) mass is 523 g/mol. The van der Waals surface area contributed by atoms with Crippen LogP contribution in [-0.2, 0) is 26.2 Å². The molecule has 2 aromatic carbocycles. The Hall–Kier alpha value is -2.23. The lowest BCUT2D eigenvalue weighted by molar-refractivity contribution is -0.140. The lowest BCUT2D eigenvalue weighted by Crippen LogP contribution is -2.50. The highest BCUT2D eigenvalue weighted by Gasteiger charge is 2.30. The summed E-state index contributed by atoms with van der Waals surface area (Å²) >= 11 is 3.38. The van der Waals surface area contributed by atoms with E-state index < -0.39 is 22.0 Å². The summed E-state index contributed by atoms with van der Waals surface area (Å²) in [5.74, 6) is -0.730. The third-order valence-electron chi connectivity index (χ3n) is 5.07. The highest BCUT2D eigenvalue weighted by molar-refractivity contribution is 9.10. The average molecular weight is 524 g/mol. The van der Waals surface area contributed by atoms with Crippen LogP contribution in [0.4, 0.5) is 0 Å². The number of benzene rings is 2. The Morgan fingerprint density at radius 3 is 2.22 bits per heavy atom. The fourth-order valence-corrected chi connectivity index (χ4v) is 4.41. The first-order valence-electron chi connectivity index (χ1n) is 10.4. The zero-order valence-electron chi connectivity index (χ0n) is 18.8. The van der Waals surface area contributed by atoms with Crippen LogP contribution in [0.1, 0.15) is 31.4 Å². The van der Waals surface area contributed by atoms with E-state index in [9.17, 15) is 18.0 Å². The fourth-order valence-electron chi connectivity index (χ4n) is 3.02. The molecule has 0 heterocycles. The average Bonchev–Trinajstić information content (AvgIpc) is 2.76. The molecule has 1 atom stereocenters. The van der Waals surface area contributed by atoms with Crippen LogP contribution >= 0.6 is 15.9 Å². The molecule has 0 aromatic heterocycles. The van der Waals surface area contributed by atoms with E-state index in [1.165, 1.54) is 24.1 Å². The summed E-state index contributed by atoms with van der Waals surface area (Å²) in [7, 11) is -2.48. The second kappa shape index (κ2) is 11.6. The van der Waals surface area contributed by atoms with E-state index in [1.807, 2.05) is 38.1 Å². The molecule has 0 saturated heterocycles. The van der Waals surface area contributed by atoms with Gasteiger partial charge in [-0.05, 0) is 50.1 Å². The standard InChI is InChI=1S/C23H30BrN3O4S/c1-5-14-25-23(29)18(3)27(15-19-8-10-20(24)11-9-19)22(28)16-26(4)32(30,31)21-12-6-17(2)7-13-21/h6-13,18H,5,14-16H2,1-4H3,(H,25,29). The van der Waals surface area contributed by atoms with Crippen molar-refractivity contribution in [2.45, 2.75) is 44.7 Å². The predicted molar refractivity (Wildman–Crippen MR) is 128 cm³/mol. The quantitative estimate of drug-likeness (QED) is 0.517. The maximum absolute atomic E-state index is 13.2. The van der Waals surface area contributed by atoms with Crippen molar-refractivity contribution >= 4 is 37.8 Å². The molecule has 2 aromatic rings. The molecule has 32 heavy (non-hydrogen) atoms. The molecule has 0 fully saturated rings. The van der Waals surface area contributed by atoms with E-state index in [0.29, 0.717) is 6.54 Å². The van der Waals surface area contributed by atoms with Crippen molar-refractivity contribution in [1.82, 2.24) is 14.5 Å². The number of rotatable bonds is 10. The van der Waals surface area contributed by atoms with E-state index >= 15 is 0 Å². The third kappa shape index (κ3) is 6.88. The largest absolute Gasteiger partial charge is 0.354 e. The van der Waals surface area contributed by atoms with Gasteiger partial charge in [0.25, 0.3) is 0 Å². The van der Waals surface area contributed by atoms with Crippen LogP contribution in [0.3, 0.4) is 0 Å². The zero-order chi connectivity index (χ0) is 23.9. The van der Waals surface area contributed by atoms with Gasteiger partial charge in [-0.25, -0.2) is 8.42 Å². The number of sulfonamides is 1. The summed E-state index contributed by atoms with van der Waals surface area (Å²) in [6.45, 7) is 5.78. The molecule has 0 saturated carbocycles. The first-order chi connectivity index (χ1) is 15.1. The Balaban J connectivity index is 2.24. The van der Waals surface area contributed by atoms with Crippen LogP contribution in [0.2, 0.25) is 0 Å². The van der Waals surface area contributed by atoms with Crippen molar-refractivity contribution in [2.24, 2.45) is 0 Å². The van der Waals surface area contributed by atoms with Gasteiger partial charge in [-0.1, -0.05) is 52.7 Å². The Morgan fingerprint density at radius 2 is 1.66 bits per heavy atom. The molecule has 9 heteroatoms. The number of halogens is 1. The molecular weight excluding hydrogens is 494 g/mol. The van der Waals surface area contributed by atoms with Gasteiger partial charge in [0.1, 0.15) is 6.04 Å². The van der Waals surface area contributed by atoms with Crippen LogP contribution in [0.15, 0.2) is 57.9 Å². The van der Waals surface area contributed by atoms with Crippen LogP contribution in [0.25, 0.3) is 0 Å². The Labute approximate surface area is 199 Å². The topological polar surface area (TPSA) is 86.8 Å². The summed E-state index contributed by atoms with van der Waals surface area (Å²) in [6.07, 6.45) is 0.774. The first kappa shape index (κ1) is 26.0. The molecule has 1 N–H and O–H groups in total. The molecular formula is C23H30BrN3O4S. The number of aryl methyl sites for hydroxylation is 1. The maximum Gasteiger partial charge on any atom is 0.243 e. The summed E-state index contributed by atoms with van der Waals surface area (Å²) in [5, 5.41) is 2.80. The van der Waals surface area contributed by atoms with Gasteiger partial charge in [0.15, 0.2) is 0 Å². The van der Waals surface area contributed by atoms with E-state index in [4.69, 9.17) is 0 Å². The molecule has 0 aliphatic carbocycles. The lowest BCUT2D eigenvalue weighted by Gasteiger charge is -2.30. The smallest absolute Gasteiger partial charge is 0.243 e. The van der Waals surface area contributed by atoms with E-state index in [0.717, 1.165) is 26.3 Å². The zero-order valence-corrected chi connectivity index (χ0v) is 21.2. The van der Waals surface area contributed by atoms with Crippen molar-refractivity contribution in [1.29, 1.82) is 0 Å². The van der Waals surface area contributed by atoms with Crippen LogP contribution in [-0.4, -0.2) is 55.6 Å². The number of carbonyl (C=O) groups excluding carboxylic acids is 2. The second-order valence-corrected chi connectivity index (χ2v) is 10.6. The van der Waals surface area contributed by atoms with Crippen molar-refractivity contribution in [3.63, 3.8) is 0 Å². The maximum atomic E-state index is 13.2. The molecule has 0 radical (unpaired) electrons. The van der Waals surface area contributed by atoms with Gasteiger partial charge >= 0.3 is 0 Å². The molecule has 0 bridgehead atoms. The van der Waals surface area contributed by atoms with Crippen molar-refractivity contribution in [2.75, 3.05) is 20.1 Å². The number of nitrogens with one attached hydrogen (secondary N) is 1. The molecule has 1 unspecified atom stereocenters. The van der Waals surface area contributed by atoms with Crippen LogP contribution in [0.5, 0.6) is 0 Å². The number of hydrogen-bond donors (Lipinski definition) is 1. The number of likely N-dealkylation sites (N-methyl/N-ethyl adjacent to an activating group) is 1. The SMILES string of the molecule is CCCNC(=O)C(C)N(Cc1ccc(Br)cc1)C(=O)CN(C)S(=O)(=O)c1ccc(C)cc1. The molecule has 174 valence electrons. The van der Waals surface area contributed by atoms with Gasteiger partial charge in [-0.15, -0.1) is 0 Å². The summed E-state index contributed by atoms with van der Waals surface area (Å²) in [5.41, 5.74) is 1.77. The van der Waals surface area contributed by atoms with Crippen LogP contribution in [0, 0.1) is 6.92 Å². The summed E-state index contributed by atoms with van der Waals surface area (Å²) in [6, 6.07) is 13.1. The predicted octanol–water partition coefficient (Wildman–Crippen LogP) is 3.32. The van der Waals surface area contributed by atoms with Crippen molar-refractivity contribution in [3.05, 3.63) is 64.1 Å². The molecule has 0 aliphatic rings. The highest BCUT2D eigenvalue weighted by Crippen LogP contribution is 2.17. The molecule has 2 amide bonds. The minimum absolute atomic E-state index is 0.117. The van der Waals surface area contributed by atoms with E-state index in [1.54, 1.807) is 19.1 Å². The Morgan fingerprint density at radius 1 is 1.06 bits per heavy atom. The second-order valence-electron chi connectivity index (χ2n) is 7.69. The summed E-state index contributed by atoms with van der Waals surface area (Å²) in [4.78, 5) is 27.3. The summed E-state index contributed by atoms with van der Waals surface area (Å²) < 4.78 is 27.7. The Kier molecular flexibility index (Phi) is 9.42. The van der Waals surface area contributed by atoms with Gasteiger partial charge < -0.3 is 10.2 Å². The molecule has 7 nitrogen and oxygen atoms in total. The number of hydrogen-bond acceptors (Lipinski definition) is 4. The van der Waals surface area contributed by atoms with Gasteiger partial charge in [-0.2, -0.15) is 4.31 Å². The van der Waals surface area contributed by atoms with E-state index in [2.05, 4.69) is 21.2 Å². The molecule has 0 spiro atoms. The molecule has 0 aliphatic heterocycles. The highest BCUT2D eigenvalue weighted by atomic mass is 79.9. The molecule has 2 rings (SSSR count). The van der Waals surface area contributed by atoms with Gasteiger partial charge in [0, 0.05) is 24.6 Å². The Bertz CT molecular complexity index is 1020. The minimum atomic E-state index is -3.84. The lowest BCUT2D eigenvalue weighted by atomic mass is 10.1. The van der Waals surface area contributed by atoms with E-state index in [-0.39, 0.29) is 23.9 Å².